The number of hydrogen-bond acceptors (Lipinski definition) is 5. The van der Waals surface area contributed by atoms with Crippen molar-refractivity contribution in [3.8, 4) is 16.9 Å². The minimum Gasteiger partial charge on any atom is -0.492 e. The number of halogens is 2. The van der Waals surface area contributed by atoms with Gasteiger partial charge in [-0.1, -0.05) is 39.7 Å². The van der Waals surface area contributed by atoms with Crippen LogP contribution in [-0.2, 0) is 4.74 Å². The van der Waals surface area contributed by atoms with Crippen molar-refractivity contribution in [2.45, 2.75) is 58.1 Å². The van der Waals surface area contributed by atoms with Gasteiger partial charge in [0.2, 0.25) is 0 Å². The molecule has 192 valence electrons. The first-order valence-electron chi connectivity index (χ1n) is 12.1. The monoisotopic (exact) mass is 575 g/mol. The van der Waals surface area contributed by atoms with E-state index in [-0.39, 0.29) is 17.7 Å². The Kier molecular flexibility index (Phi) is 7.85. The number of anilines is 1. The van der Waals surface area contributed by atoms with Crippen molar-refractivity contribution in [3.63, 3.8) is 0 Å². The summed E-state index contributed by atoms with van der Waals surface area (Å²) in [5.74, 6) is 0.440. The number of nitrogen functional groups attached to an aromatic ring is 1. The van der Waals surface area contributed by atoms with Crippen LogP contribution in [-0.4, -0.2) is 40.8 Å². The van der Waals surface area contributed by atoms with Gasteiger partial charge < -0.3 is 25.1 Å². The topological polar surface area (TPSA) is 97.6 Å². The lowest BCUT2D eigenvalue weighted by atomic mass is 10.00. The van der Waals surface area contributed by atoms with E-state index in [2.05, 4.69) is 20.9 Å². The summed E-state index contributed by atoms with van der Waals surface area (Å²) in [5.41, 5.74) is 7.33. The molecule has 3 aromatic rings. The van der Waals surface area contributed by atoms with Gasteiger partial charge in [0, 0.05) is 28.9 Å². The number of hydrogen-bond donors (Lipinski definition) is 2. The van der Waals surface area contributed by atoms with Gasteiger partial charge in [0.25, 0.3) is 5.56 Å². The molecule has 3 N–H and O–H groups in total. The second-order valence-corrected chi connectivity index (χ2v) is 11.4. The maximum absolute atomic E-state index is 13.2. The summed E-state index contributed by atoms with van der Waals surface area (Å²) in [7, 11) is 0. The van der Waals surface area contributed by atoms with E-state index in [9.17, 15) is 9.59 Å². The van der Waals surface area contributed by atoms with Gasteiger partial charge in [-0.15, -0.1) is 0 Å². The average molecular weight is 577 g/mol. The summed E-state index contributed by atoms with van der Waals surface area (Å²) in [6.07, 6.45) is 3.17. The Hall–Kier alpha value is -2.71. The molecule has 1 amide bonds. The number of carbonyl (C=O) groups excluding carboxylic acids is 1. The van der Waals surface area contributed by atoms with Gasteiger partial charge >= 0.3 is 6.09 Å². The summed E-state index contributed by atoms with van der Waals surface area (Å²) in [6.45, 7) is 6.57. The van der Waals surface area contributed by atoms with Crippen molar-refractivity contribution in [1.82, 2.24) is 9.88 Å². The zero-order chi connectivity index (χ0) is 26.0. The fourth-order valence-electron chi connectivity index (χ4n) is 4.52. The van der Waals surface area contributed by atoms with Crippen LogP contribution in [0.25, 0.3) is 22.0 Å². The van der Waals surface area contributed by atoms with Crippen molar-refractivity contribution in [2.24, 2.45) is 0 Å². The number of ether oxygens (including phenoxy) is 2. The molecule has 4 rings (SSSR count). The van der Waals surface area contributed by atoms with Gasteiger partial charge in [0.1, 0.15) is 11.4 Å². The maximum atomic E-state index is 13.2. The van der Waals surface area contributed by atoms with Crippen LogP contribution in [0.5, 0.6) is 5.75 Å². The molecule has 0 aliphatic carbocycles. The van der Waals surface area contributed by atoms with Gasteiger partial charge in [-0.05, 0) is 69.9 Å². The minimum absolute atomic E-state index is 0.00399. The lowest BCUT2D eigenvalue weighted by molar-refractivity contribution is 0.00746. The van der Waals surface area contributed by atoms with Crippen molar-refractivity contribution in [3.05, 3.63) is 56.2 Å². The van der Waals surface area contributed by atoms with Gasteiger partial charge in [-0.25, -0.2) is 4.79 Å². The highest BCUT2D eigenvalue weighted by Crippen LogP contribution is 2.37. The van der Waals surface area contributed by atoms with E-state index < -0.39 is 5.60 Å². The number of nitrogens with two attached hydrogens (primary N) is 1. The Morgan fingerprint density at radius 2 is 2.03 bits per heavy atom. The third-order valence-corrected chi connectivity index (χ3v) is 6.97. The maximum Gasteiger partial charge on any atom is 0.410 e. The largest absolute Gasteiger partial charge is 0.492 e. The van der Waals surface area contributed by atoms with Crippen molar-refractivity contribution in [2.75, 3.05) is 18.9 Å². The highest BCUT2D eigenvalue weighted by molar-refractivity contribution is 9.10. The van der Waals surface area contributed by atoms with E-state index in [0.29, 0.717) is 58.1 Å². The fraction of sp³-hybridized carbons (Fsp3) is 0.407. The van der Waals surface area contributed by atoms with Crippen LogP contribution >= 0.6 is 27.5 Å². The van der Waals surface area contributed by atoms with Gasteiger partial charge in [0.05, 0.1) is 28.4 Å². The molecule has 1 aliphatic heterocycles. The van der Waals surface area contributed by atoms with Crippen molar-refractivity contribution >= 4 is 50.2 Å². The Morgan fingerprint density at radius 3 is 2.75 bits per heavy atom. The number of fused-ring (bicyclic) bond motifs is 1. The number of carbonyl (C=O) groups is 1. The number of pyridine rings is 1. The molecule has 1 atom stereocenters. The minimum atomic E-state index is -0.556. The molecular weight excluding hydrogens is 546 g/mol. The standard InChI is InChI=1S/C27H31BrClN3O4/c1-27(2,3)36-26(34)32-11-5-4-9-18(32)10-12-35-24-19-14-21(30)20(29)15-22(19)31-25(33)23(24)16-7-6-8-17(28)13-16/h6-8,13-15,18H,4-5,9-12,30H2,1-3H3,(H,31,33). The van der Waals surface area contributed by atoms with Crippen molar-refractivity contribution in [1.29, 1.82) is 0 Å². The quantitative estimate of drug-likeness (QED) is 0.327. The third kappa shape index (κ3) is 5.98. The number of benzene rings is 2. The number of nitrogens with one attached hydrogen (secondary N) is 1. The average Bonchev–Trinajstić information content (AvgIpc) is 2.79. The highest BCUT2D eigenvalue weighted by Gasteiger charge is 2.30. The third-order valence-electron chi connectivity index (χ3n) is 6.15. The SMILES string of the molecule is CC(C)(C)OC(=O)N1CCCCC1CCOc1c(-c2cccc(Br)c2)c(=O)[nH]c2cc(Cl)c(N)cc12. The number of rotatable bonds is 5. The Balaban J connectivity index is 1.66. The molecule has 0 radical (unpaired) electrons. The normalized spacial score (nSPS) is 16.2. The fourth-order valence-corrected chi connectivity index (χ4v) is 5.08. The van der Waals surface area contributed by atoms with Crippen LogP contribution < -0.4 is 16.0 Å². The van der Waals surface area contributed by atoms with Crippen molar-refractivity contribution < 1.29 is 14.3 Å². The summed E-state index contributed by atoms with van der Waals surface area (Å²) < 4.78 is 12.8. The molecule has 2 heterocycles. The molecule has 0 spiro atoms. The number of H-pyrrole nitrogens is 1. The number of aromatic amines is 1. The second kappa shape index (κ2) is 10.7. The lowest BCUT2D eigenvalue weighted by Gasteiger charge is -2.36. The Morgan fingerprint density at radius 1 is 1.25 bits per heavy atom. The Labute approximate surface area is 224 Å². The predicted molar refractivity (Wildman–Crippen MR) is 148 cm³/mol. The van der Waals surface area contributed by atoms with E-state index in [1.807, 2.05) is 45.0 Å². The molecule has 1 fully saturated rings. The number of nitrogens with zero attached hydrogens (tertiary/aromatic N) is 1. The molecule has 0 bridgehead atoms. The second-order valence-electron chi connectivity index (χ2n) is 10.0. The summed E-state index contributed by atoms with van der Waals surface area (Å²) in [4.78, 5) is 30.7. The molecule has 2 aromatic carbocycles. The number of amides is 1. The highest BCUT2D eigenvalue weighted by atomic mass is 79.9. The number of likely N-dealkylation sites (tertiary alicyclic amines) is 1. The van der Waals surface area contributed by atoms with E-state index >= 15 is 0 Å². The molecule has 1 saturated heterocycles. The first-order valence-corrected chi connectivity index (χ1v) is 13.2. The Bertz CT molecular complexity index is 1340. The van der Waals surface area contributed by atoms with E-state index in [1.54, 1.807) is 17.0 Å². The molecule has 1 unspecified atom stereocenters. The van der Waals surface area contributed by atoms with Crippen LogP contribution in [0.2, 0.25) is 5.02 Å². The van der Waals surface area contributed by atoms with Gasteiger partial charge in [0.15, 0.2) is 0 Å². The number of aromatic nitrogens is 1. The van der Waals surface area contributed by atoms with Crippen LogP contribution in [0.3, 0.4) is 0 Å². The molecule has 1 aliphatic rings. The smallest absolute Gasteiger partial charge is 0.410 e. The van der Waals surface area contributed by atoms with Crippen LogP contribution in [0.4, 0.5) is 10.5 Å². The molecule has 7 nitrogen and oxygen atoms in total. The van der Waals surface area contributed by atoms with Crippen LogP contribution in [0.1, 0.15) is 46.5 Å². The van der Waals surface area contributed by atoms with E-state index in [0.717, 1.165) is 23.7 Å². The van der Waals surface area contributed by atoms with E-state index in [1.165, 1.54) is 0 Å². The molecule has 0 saturated carbocycles. The molecular formula is C27H31BrClN3O4. The van der Waals surface area contributed by atoms with Gasteiger partial charge in [-0.2, -0.15) is 0 Å². The van der Waals surface area contributed by atoms with Gasteiger partial charge in [-0.3, -0.25) is 4.79 Å². The predicted octanol–water partition coefficient (Wildman–Crippen LogP) is 6.75. The van der Waals surface area contributed by atoms with E-state index in [4.69, 9.17) is 26.8 Å². The summed E-state index contributed by atoms with van der Waals surface area (Å²) in [6, 6.07) is 10.8. The zero-order valence-corrected chi connectivity index (χ0v) is 23.0. The first-order chi connectivity index (χ1) is 17.0. The first kappa shape index (κ1) is 26.4. The molecule has 9 heteroatoms. The van der Waals surface area contributed by atoms with Crippen LogP contribution in [0, 0.1) is 0 Å². The van der Waals surface area contributed by atoms with Crippen LogP contribution in [0.15, 0.2) is 45.7 Å². The number of piperidine rings is 1. The molecule has 1 aromatic heterocycles. The summed E-state index contributed by atoms with van der Waals surface area (Å²) >= 11 is 9.71. The zero-order valence-electron chi connectivity index (χ0n) is 20.7. The molecule has 36 heavy (non-hydrogen) atoms. The lowest BCUT2D eigenvalue weighted by Crippen LogP contribution is -2.46. The summed E-state index contributed by atoms with van der Waals surface area (Å²) in [5, 5.41) is 1.02.